The summed E-state index contributed by atoms with van der Waals surface area (Å²) in [6.45, 7) is 14.6. The lowest BCUT2D eigenvalue weighted by atomic mass is 9.99. The number of pyridine rings is 1. The number of carbonyl (C=O) groups excluding carboxylic acids is 1. The number of halogens is 1. The highest BCUT2D eigenvalue weighted by Gasteiger charge is 2.32. The molecule has 4 heterocycles. The summed E-state index contributed by atoms with van der Waals surface area (Å²) >= 11 is 7.90. The van der Waals surface area contributed by atoms with Gasteiger partial charge in [-0.2, -0.15) is 0 Å². The summed E-state index contributed by atoms with van der Waals surface area (Å²) in [5.74, 6) is 1.57. The molecule has 0 fully saturated rings. The molecular formula is C42H58ClN7O10S. The van der Waals surface area contributed by atoms with Gasteiger partial charge in [0.25, 0.3) is 0 Å². The van der Waals surface area contributed by atoms with Gasteiger partial charge in [0.1, 0.15) is 29.2 Å². The summed E-state index contributed by atoms with van der Waals surface area (Å²) < 4.78 is 51.6. The summed E-state index contributed by atoms with van der Waals surface area (Å²) in [5, 5.41) is 13.4. The van der Waals surface area contributed by atoms with E-state index in [1.165, 1.54) is 4.88 Å². The van der Waals surface area contributed by atoms with Crippen molar-refractivity contribution in [1.82, 2.24) is 19.7 Å². The summed E-state index contributed by atoms with van der Waals surface area (Å²) in [6, 6.07) is 8.70. The Balaban J connectivity index is 0.909. The molecule has 1 amide bonds. The molecule has 0 bridgehead atoms. The van der Waals surface area contributed by atoms with Crippen LogP contribution in [0.15, 0.2) is 47.7 Å². The first-order valence-electron chi connectivity index (χ1n) is 20.4. The average Bonchev–Trinajstić information content (AvgIpc) is 3.73. The SMILES string of the molecule is Cc1sc2c(c1C)C(c1ccc(Cl)cc1)=N[C@@H](CC(=O)Nc1cncc(OCCOCCOCCOCCOCCOCCOCCOCCOCCN)c1)c1nnc(C)n1-2. The number of aliphatic imine (C=N–C) groups is 1. The van der Waals surface area contributed by atoms with E-state index in [1.54, 1.807) is 29.8 Å². The number of hydrogen-bond donors (Lipinski definition) is 2. The Morgan fingerprint density at radius 3 is 1.80 bits per heavy atom. The number of anilines is 1. The summed E-state index contributed by atoms with van der Waals surface area (Å²) in [6.07, 6.45) is 3.18. The van der Waals surface area contributed by atoms with Crippen LogP contribution in [-0.2, 0) is 42.7 Å². The molecule has 4 aromatic rings. The quantitative estimate of drug-likeness (QED) is 0.0661. The van der Waals surface area contributed by atoms with Crippen molar-refractivity contribution >= 4 is 40.2 Å². The molecule has 0 unspecified atom stereocenters. The molecule has 3 N–H and O–H groups in total. The van der Waals surface area contributed by atoms with E-state index < -0.39 is 6.04 Å². The zero-order valence-corrected chi connectivity index (χ0v) is 36.8. The molecule has 1 aliphatic rings. The first kappa shape index (κ1) is 48.1. The van der Waals surface area contributed by atoms with E-state index in [2.05, 4.69) is 34.3 Å². The number of aryl methyl sites for hydroxylation is 2. The number of aromatic nitrogens is 4. The molecular weight excluding hydrogens is 830 g/mol. The Kier molecular flexibility index (Phi) is 21.5. The summed E-state index contributed by atoms with van der Waals surface area (Å²) in [7, 11) is 0. The predicted octanol–water partition coefficient (Wildman–Crippen LogP) is 4.69. The molecule has 1 aromatic carbocycles. The van der Waals surface area contributed by atoms with Gasteiger partial charge in [-0.05, 0) is 38.5 Å². The molecule has 3 aromatic heterocycles. The first-order chi connectivity index (χ1) is 29.9. The van der Waals surface area contributed by atoms with Crippen LogP contribution in [0, 0.1) is 20.8 Å². The van der Waals surface area contributed by atoms with Gasteiger partial charge < -0.3 is 53.7 Å². The third kappa shape index (κ3) is 16.1. The zero-order chi connectivity index (χ0) is 43.1. The van der Waals surface area contributed by atoms with Gasteiger partial charge in [-0.15, -0.1) is 21.5 Å². The van der Waals surface area contributed by atoms with Gasteiger partial charge in [0.2, 0.25) is 5.91 Å². The number of nitrogens with two attached hydrogens (primary N) is 1. The van der Waals surface area contributed by atoms with Crippen molar-refractivity contribution in [3.8, 4) is 10.8 Å². The summed E-state index contributed by atoms with van der Waals surface area (Å²) in [4.78, 5) is 24.1. The van der Waals surface area contributed by atoms with E-state index in [0.717, 1.165) is 33.2 Å². The molecule has 0 radical (unpaired) electrons. The number of ether oxygens (including phenoxy) is 9. The van der Waals surface area contributed by atoms with Crippen molar-refractivity contribution in [2.75, 3.05) is 124 Å². The minimum atomic E-state index is -0.600. The second kappa shape index (κ2) is 27.2. The van der Waals surface area contributed by atoms with Crippen LogP contribution < -0.4 is 15.8 Å². The van der Waals surface area contributed by atoms with E-state index in [0.29, 0.717) is 141 Å². The van der Waals surface area contributed by atoms with Gasteiger partial charge in [-0.1, -0.05) is 23.7 Å². The third-order valence-electron chi connectivity index (χ3n) is 9.10. The molecule has 61 heavy (non-hydrogen) atoms. The standard InChI is InChI=1S/C42H58ClN7O10S/c1-30-31(2)61-42-39(30)40(33-4-6-34(43)7-5-33)47-37(41-49-48-32(3)50(41)42)27-38(51)46-35-26-36(29-45-28-35)60-25-24-59-23-22-58-21-20-57-19-18-56-17-16-55-15-14-54-13-12-53-11-10-52-9-8-44/h4-7,26,28-29,37H,8-25,27,44H2,1-3H3,(H,46,51)/t37-/m0/s1. The van der Waals surface area contributed by atoms with E-state index >= 15 is 0 Å². The van der Waals surface area contributed by atoms with Crippen LogP contribution in [0.1, 0.15) is 45.7 Å². The van der Waals surface area contributed by atoms with Crippen molar-refractivity contribution in [1.29, 1.82) is 0 Å². The smallest absolute Gasteiger partial charge is 0.227 e. The fraction of sp³-hybridized carbons (Fsp3) is 0.548. The van der Waals surface area contributed by atoms with Crippen LogP contribution in [0.5, 0.6) is 5.75 Å². The lowest BCUT2D eigenvalue weighted by Crippen LogP contribution is -2.17. The average molecular weight is 888 g/mol. The Morgan fingerprint density at radius 2 is 1.26 bits per heavy atom. The van der Waals surface area contributed by atoms with E-state index in [1.807, 2.05) is 35.8 Å². The number of fused-ring (bicyclic) bond motifs is 3. The fourth-order valence-corrected chi connectivity index (χ4v) is 7.37. The topological polar surface area (TPSA) is 194 Å². The Hall–Kier alpha value is -3.92. The van der Waals surface area contributed by atoms with E-state index in [-0.39, 0.29) is 12.3 Å². The van der Waals surface area contributed by atoms with E-state index in [4.69, 9.17) is 65.0 Å². The number of amides is 1. The molecule has 5 rings (SSSR count). The van der Waals surface area contributed by atoms with Crippen molar-refractivity contribution in [2.24, 2.45) is 10.7 Å². The molecule has 19 heteroatoms. The molecule has 0 saturated heterocycles. The number of carbonyl (C=O) groups is 1. The lowest BCUT2D eigenvalue weighted by molar-refractivity contribution is -0.116. The van der Waals surface area contributed by atoms with Crippen LogP contribution >= 0.6 is 22.9 Å². The number of thiophene rings is 1. The van der Waals surface area contributed by atoms with Crippen molar-refractivity contribution in [3.63, 3.8) is 0 Å². The minimum absolute atomic E-state index is 0.0312. The number of rotatable bonds is 31. The Labute approximate surface area is 366 Å². The number of benzene rings is 1. The number of hydrogen-bond acceptors (Lipinski definition) is 16. The molecule has 0 aliphatic carbocycles. The molecule has 1 aliphatic heterocycles. The van der Waals surface area contributed by atoms with E-state index in [9.17, 15) is 4.79 Å². The third-order valence-corrected chi connectivity index (χ3v) is 10.5. The Morgan fingerprint density at radius 1 is 0.738 bits per heavy atom. The predicted molar refractivity (Wildman–Crippen MR) is 232 cm³/mol. The van der Waals surface area contributed by atoms with Crippen LogP contribution in [-0.4, -0.2) is 150 Å². The summed E-state index contributed by atoms with van der Waals surface area (Å²) in [5.41, 5.74) is 9.66. The molecule has 1 atom stereocenters. The minimum Gasteiger partial charge on any atom is -0.489 e. The van der Waals surface area contributed by atoms with Crippen LogP contribution in [0.2, 0.25) is 5.02 Å². The lowest BCUT2D eigenvalue weighted by Gasteiger charge is -2.13. The monoisotopic (exact) mass is 887 g/mol. The molecule has 334 valence electrons. The van der Waals surface area contributed by atoms with Gasteiger partial charge in [-0.25, -0.2) is 0 Å². The van der Waals surface area contributed by atoms with Crippen molar-refractivity contribution in [2.45, 2.75) is 33.2 Å². The van der Waals surface area contributed by atoms with Crippen molar-refractivity contribution < 1.29 is 47.4 Å². The highest BCUT2D eigenvalue weighted by Crippen LogP contribution is 2.39. The first-order valence-corrected chi connectivity index (χ1v) is 21.6. The number of nitrogens with zero attached hydrogens (tertiary/aromatic N) is 5. The highest BCUT2D eigenvalue weighted by atomic mass is 35.5. The van der Waals surface area contributed by atoms with Crippen LogP contribution in [0.3, 0.4) is 0 Å². The highest BCUT2D eigenvalue weighted by molar-refractivity contribution is 7.15. The van der Waals surface area contributed by atoms with Gasteiger partial charge >= 0.3 is 0 Å². The van der Waals surface area contributed by atoms with Gasteiger partial charge in [-0.3, -0.25) is 19.3 Å². The second-order valence-corrected chi connectivity index (χ2v) is 15.2. The van der Waals surface area contributed by atoms with Crippen LogP contribution in [0.25, 0.3) is 5.00 Å². The molecule has 17 nitrogen and oxygen atoms in total. The zero-order valence-electron chi connectivity index (χ0n) is 35.2. The van der Waals surface area contributed by atoms with Crippen molar-refractivity contribution in [3.05, 3.63) is 81.0 Å². The van der Waals surface area contributed by atoms with Gasteiger partial charge in [0.15, 0.2) is 5.82 Å². The van der Waals surface area contributed by atoms with Gasteiger partial charge in [0, 0.05) is 33.6 Å². The van der Waals surface area contributed by atoms with Gasteiger partial charge in [0.05, 0.1) is 136 Å². The molecule has 0 saturated carbocycles. The second-order valence-electron chi connectivity index (χ2n) is 13.6. The largest absolute Gasteiger partial charge is 0.489 e. The normalized spacial score (nSPS) is 13.5. The number of nitrogens with one attached hydrogen (secondary N) is 1. The maximum Gasteiger partial charge on any atom is 0.227 e. The van der Waals surface area contributed by atoms with Crippen LogP contribution in [0.4, 0.5) is 5.69 Å². The molecule has 0 spiro atoms. The maximum atomic E-state index is 13.5. The fourth-order valence-electron chi connectivity index (χ4n) is 6.03. The maximum absolute atomic E-state index is 13.5. The Bertz CT molecular complexity index is 1930.